The van der Waals surface area contributed by atoms with Crippen LogP contribution in [0.15, 0.2) is 66.7 Å². The lowest BCUT2D eigenvalue weighted by Gasteiger charge is -2.23. The van der Waals surface area contributed by atoms with E-state index in [1.54, 1.807) is 42.5 Å². The summed E-state index contributed by atoms with van der Waals surface area (Å²) in [6.07, 6.45) is 1.11. The smallest absolute Gasteiger partial charge is 0.339 e. The molecule has 0 saturated heterocycles. The fraction of sp³-hybridized carbons (Fsp3) is 0.130. The van der Waals surface area contributed by atoms with E-state index in [0.717, 1.165) is 11.8 Å². The summed E-state index contributed by atoms with van der Waals surface area (Å²) < 4.78 is 30.7. The van der Waals surface area contributed by atoms with Crippen LogP contribution in [0.4, 0.5) is 11.4 Å². The molecule has 10 heteroatoms. The van der Waals surface area contributed by atoms with E-state index in [-0.39, 0.29) is 17.1 Å². The van der Waals surface area contributed by atoms with Crippen molar-refractivity contribution in [3.63, 3.8) is 0 Å². The van der Waals surface area contributed by atoms with Crippen molar-refractivity contribution >= 4 is 56.5 Å². The molecular formula is C23H20Cl2N2O5S. The molecule has 0 bridgehead atoms. The molecule has 0 unspecified atom stereocenters. The number of rotatable bonds is 7. The van der Waals surface area contributed by atoms with Crippen molar-refractivity contribution < 1.29 is 22.7 Å². The van der Waals surface area contributed by atoms with Crippen LogP contribution in [0.5, 0.6) is 0 Å². The Morgan fingerprint density at radius 2 is 1.61 bits per heavy atom. The van der Waals surface area contributed by atoms with Crippen LogP contribution < -0.4 is 9.62 Å². The first-order valence-electron chi connectivity index (χ1n) is 9.60. The molecular weight excluding hydrogens is 487 g/mol. The number of ether oxygens (including phenoxy) is 1. The van der Waals surface area contributed by atoms with Crippen molar-refractivity contribution in [2.45, 2.75) is 6.54 Å². The zero-order valence-corrected chi connectivity index (χ0v) is 20.0. The molecule has 3 rings (SSSR count). The molecule has 0 aliphatic rings. The molecule has 3 aromatic carbocycles. The Labute approximate surface area is 201 Å². The van der Waals surface area contributed by atoms with E-state index in [2.05, 4.69) is 10.1 Å². The number of carbonyl (C=O) groups excluding carboxylic acids is 2. The van der Waals surface area contributed by atoms with Crippen molar-refractivity contribution in [3.8, 4) is 0 Å². The van der Waals surface area contributed by atoms with Gasteiger partial charge in [0.05, 0.1) is 36.2 Å². The Morgan fingerprint density at radius 1 is 0.970 bits per heavy atom. The summed E-state index contributed by atoms with van der Waals surface area (Å²) in [5.74, 6) is -1.06. The summed E-state index contributed by atoms with van der Waals surface area (Å²) in [4.78, 5) is 24.4. The van der Waals surface area contributed by atoms with Gasteiger partial charge in [-0.2, -0.15) is 0 Å². The number of esters is 1. The first-order chi connectivity index (χ1) is 15.6. The predicted molar refractivity (Wildman–Crippen MR) is 130 cm³/mol. The number of hydrogen-bond donors (Lipinski definition) is 1. The second-order valence-electron chi connectivity index (χ2n) is 7.08. The van der Waals surface area contributed by atoms with Crippen LogP contribution in [-0.2, 0) is 21.3 Å². The Bertz CT molecular complexity index is 1280. The minimum absolute atomic E-state index is 0.114. The van der Waals surface area contributed by atoms with Crippen LogP contribution in [0.2, 0.25) is 10.0 Å². The van der Waals surface area contributed by atoms with E-state index in [1.807, 2.05) is 0 Å². The highest BCUT2D eigenvalue weighted by molar-refractivity contribution is 7.92. The third kappa shape index (κ3) is 6.25. The van der Waals surface area contributed by atoms with E-state index in [4.69, 9.17) is 23.2 Å². The zero-order valence-electron chi connectivity index (χ0n) is 17.7. The summed E-state index contributed by atoms with van der Waals surface area (Å²) in [5, 5.41) is 3.43. The SMILES string of the molecule is COC(=O)c1cc(NC(=O)c2ccc(N(Cc3ccc(Cl)cc3)S(C)(=O)=O)cc2)ccc1Cl. The third-order valence-corrected chi connectivity index (χ3v) is 6.41. The molecule has 0 aliphatic heterocycles. The molecule has 3 aromatic rings. The number of nitrogens with one attached hydrogen (secondary N) is 1. The van der Waals surface area contributed by atoms with Gasteiger partial charge in [-0.15, -0.1) is 0 Å². The molecule has 0 heterocycles. The first kappa shape index (κ1) is 24.6. The summed E-state index contributed by atoms with van der Waals surface area (Å²) in [7, 11) is -2.35. The molecule has 1 N–H and O–H groups in total. The van der Waals surface area contributed by atoms with Crippen LogP contribution >= 0.6 is 23.2 Å². The van der Waals surface area contributed by atoms with Gasteiger partial charge in [0.25, 0.3) is 5.91 Å². The van der Waals surface area contributed by atoms with Gasteiger partial charge in [-0.05, 0) is 60.2 Å². The number of amides is 1. The van der Waals surface area contributed by atoms with Crippen LogP contribution in [0.3, 0.4) is 0 Å². The molecule has 0 aromatic heterocycles. The van der Waals surface area contributed by atoms with Crippen molar-refractivity contribution in [3.05, 3.63) is 93.5 Å². The lowest BCUT2D eigenvalue weighted by Crippen LogP contribution is -2.29. The fourth-order valence-corrected chi connectivity index (χ4v) is 4.22. The molecule has 0 atom stereocenters. The quantitative estimate of drug-likeness (QED) is 0.455. The standard InChI is InChI=1S/C23H20Cl2N2O5S/c1-32-23(29)20-13-18(9-12-21(20)25)26-22(28)16-5-10-19(11-6-16)27(33(2,30)31)14-15-3-7-17(24)8-4-15/h3-13H,14H2,1-2H3,(H,26,28). The number of nitrogens with zero attached hydrogens (tertiary/aromatic N) is 1. The molecule has 0 spiro atoms. The normalized spacial score (nSPS) is 11.0. The predicted octanol–water partition coefficient (Wildman–Crippen LogP) is 5.00. The maximum absolute atomic E-state index is 12.6. The molecule has 1 amide bonds. The summed E-state index contributed by atoms with van der Waals surface area (Å²) >= 11 is 11.9. The largest absolute Gasteiger partial charge is 0.465 e. The summed E-state index contributed by atoms with van der Waals surface area (Å²) in [6, 6.07) is 17.4. The van der Waals surface area contributed by atoms with Gasteiger partial charge < -0.3 is 10.1 Å². The number of anilines is 2. The van der Waals surface area contributed by atoms with Crippen LogP contribution in [0, 0.1) is 0 Å². The lowest BCUT2D eigenvalue weighted by atomic mass is 10.1. The Kier molecular flexibility index (Phi) is 7.63. The topological polar surface area (TPSA) is 92.8 Å². The second-order valence-corrected chi connectivity index (χ2v) is 9.83. The van der Waals surface area contributed by atoms with Gasteiger partial charge in [0.1, 0.15) is 0 Å². The van der Waals surface area contributed by atoms with Gasteiger partial charge in [0.2, 0.25) is 10.0 Å². The molecule has 0 saturated carbocycles. The monoisotopic (exact) mass is 506 g/mol. The van der Waals surface area contributed by atoms with Crippen LogP contribution in [-0.4, -0.2) is 33.7 Å². The van der Waals surface area contributed by atoms with Gasteiger partial charge in [0.15, 0.2) is 0 Å². The van der Waals surface area contributed by atoms with Gasteiger partial charge in [-0.3, -0.25) is 9.10 Å². The van der Waals surface area contributed by atoms with Crippen LogP contribution in [0.1, 0.15) is 26.3 Å². The van der Waals surface area contributed by atoms with Gasteiger partial charge in [0, 0.05) is 16.3 Å². The Morgan fingerprint density at radius 3 is 2.18 bits per heavy atom. The maximum Gasteiger partial charge on any atom is 0.339 e. The van der Waals surface area contributed by atoms with Crippen LogP contribution in [0.25, 0.3) is 0 Å². The summed E-state index contributed by atoms with van der Waals surface area (Å²) in [6.45, 7) is 0.114. The van der Waals surface area contributed by atoms with Crippen molar-refractivity contribution in [1.82, 2.24) is 0 Å². The minimum atomic E-state index is -3.58. The van der Waals surface area contributed by atoms with Gasteiger partial charge in [-0.1, -0.05) is 35.3 Å². The second kappa shape index (κ2) is 10.2. The van der Waals surface area contributed by atoms with E-state index in [9.17, 15) is 18.0 Å². The molecule has 172 valence electrons. The first-order valence-corrected chi connectivity index (χ1v) is 12.2. The molecule has 7 nitrogen and oxygen atoms in total. The molecule has 0 radical (unpaired) electrons. The number of sulfonamides is 1. The highest BCUT2D eigenvalue weighted by atomic mass is 35.5. The number of methoxy groups -OCH3 is 1. The van der Waals surface area contributed by atoms with E-state index in [0.29, 0.717) is 22.0 Å². The minimum Gasteiger partial charge on any atom is -0.465 e. The lowest BCUT2D eigenvalue weighted by molar-refractivity contribution is 0.0600. The average molecular weight is 507 g/mol. The fourth-order valence-electron chi connectivity index (χ4n) is 3.01. The van der Waals surface area contributed by atoms with E-state index in [1.165, 1.54) is 35.7 Å². The maximum atomic E-state index is 12.6. The molecule has 0 aliphatic carbocycles. The molecule has 0 fully saturated rings. The Balaban J connectivity index is 1.79. The third-order valence-electron chi connectivity index (χ3n) is 4.69. The van der Waals surface area contributed by atoms with Crippen molar-refractivity contribution in [2.75, 3.05) is 23.0 Å². The van der Waals surface area contributed by atoms with E-state index >= 15 is 0 Å². The van der Waals surface area contributed by atoms with Crippen molar-refractivity contribution in [2.24, 2.45) is 0 Å². The number of halogens is 2. The Hall–Kier alpha value is -3.07. The number of benzene rings is 3. The van der Waals surface area contributed by atoms with Gasteiger partial charge >= 0.3 is 5.97 Å². The number of carbonyl (C=O) groups is 2. The van der Waals surface area contributed by atoms with Crippen molar-refractivity contribution in [1.29, 1.82) is 0 Å². The zero-order chi connectivity index (χ0) is 24.2. The van der Waals surface area contributed by atoms with Gasteiger partial charge in [-0.25, -0.2) is 13.2 Å². The highest BCUT2D eigenvalue weighted by Gasteiger charge is 2.19. The van der Waals surface area contributed by atoms with E-state index < -0.39 is 21.9 Å². The average Bonchev–Trinajstić information content (AvgIpc) is 2.78. The molecule has 33 heavy (non-hydrogen) atoms. The summed E-state index contributed by atoms with van der Waals surface area (Å²) in [5.41, 5.74) is 1.94. The number of hydrogen-bond acceptors (Lipinski definition) is 5. The highest BCUT2D eigenvalue weighted by Crippen LogP contribution is 2.24.